The van der Waals surface area contributed by atoms with Crippen molar-refractivity contribution < 1.29 is 9.18 Å². The van der Waals surface area contributed by atoms with Crippen LogP contribution in [0.2, 0.25) is 0 Å². The molecule has 0 radical (unpaired) electrons. The van der Waals surface area contributed by atoms with Crippen LogP contribution >= 0.6 is 0 Å². The Hall–Kier alpha value is -3.68. The van der Waals surface area contributed by atoms with Crippen LogP contribution in [0.3, 0.4) is 0 Å². The minimum Gasteiger partial charge on any atom is -0.298 e. The number of aromatic nitrogens is 6. The molecule has 4 rings (SSSR count). The molecule has 8 heteroatoms. The summed E-state index contributed by atoms with van der Waals surface area (Å²) in [5.41, 5.74) is 6.68. The third-order valence-corrected chi connectivity index (χ3v) is 5.44. The molecule has 0 N–H and O–H groups in total. The second-order valence-corrected chi connectivity index (χ2v) is 7.42. The number of rotatable bonds is 6. The molecule has 0 aliphatic rings. The summed E-state index contributed by atoms with van der Waals surface area (Å²) < 4.78 is 16.9. The zero-order valence-corrected chi connectivity index (χ0v) is 17.9. The maximum absolute atomic E-state index is 13.4. The predicted octanol–water partition coefficient (Wildman–Crippen LogP) is 3.78. The zero-order valence-electron chi connectivity index (χ0n) is 17.9. The number of nitrogens with zero attached hydrogens (tertiary/aromatic N) is 6. The van der Waals surface area contributed by atoms with Gasteiger partial charge in [-0.15, -0.1) is 0 Å². The largest absolute Gasteiger partial charge is 0.298 e. The monoisotopic (exact) mass is 418 g/mol. The second kappa shape index (κ2) is 8.22. The summed E-state index contributed by atoms with van der Waals surface area (Å²) in [6, 6.07) is 8.32. The Morgan fingerprint density at radius 2 is 1.84 bits per heavy atom. The van der Waals surface area contributed by atoms with Crippen molar-refractivity contribution in [2.75, 3.05) is 0 Å². The van der Waals surface area contributed by atoms with Crippen LogP contribution in [0.1, 0.15) is 45.6 Å². The van der Waals surface area contributed by atoms with Crippen molar-refractivity contribution in [3.63, 3.8) is 0 Å². The van der Waals surface area contributed by atoms with Crippen molar-refractivity contribution in [3.05, 3.63) is 76.4 Å². The number of aldehydes is 1. The fourth-order valence-corrected chi connectivity index (χ4v) is 3.92. The van der Waals surface area contributed by atoms with Crippen LogP contribution in [0.5, 0.6) is 0 Å². The van der Waals surface area contributed by atoms with E-state index < -0.39 is 0 Å². The van der Waals surface area contributed by atoms with Crippen molar-refractivity contribution >= 4 is 6.29 Å². The molecule has 0 aliphatic heterocycles. The van der Waals surface area contributed by atoms with Gasteiger partial charge in [-0.2, -0.15) is 10.2 Å². The number of benzene rings is 1. The van der Waals surface area contributed by atoms with Gasteiger partial charge < -0.3 is 0 Å². The zero-order chi connectivity index (χ0) is 22.1. The average Bonchev–Trinajstić information content (AvgIpc) is 3.23. The van der Waals surface area contributed by atoms with Crippen LogP contribution in [-0.2, 0) is 19.9 Å². The lowest BCUT2D eigenvalue weighted by atomic mass is 10.0. The van der Waals surface area contributed by atoms with Gasteiger partial charge in [0.05, 0.1) is 34.0 Å². The number of carbonyl (C=O) groups excluding carboxylic acids is 1. The van der Waals surface area contributed by atoms with E-state index in [1.807, 2.05) is 24.7 Å². The van der Waals surface area contributed by atoms with Gasteiger partial charge in [0, 0.05) is 30.7 Å². The smallest absolute Gasteiger partial charge is 0.157 e. The highest BCUT2D eigenvalue weighted by Gasteiger charge is 2.18. The van der Waals surface area contributed by atoms with Crippen LogP contribution < -0.4 is 0 Å². The highest BCUT2D eigenvalue weighted by molar-refractivity contribution is 5.78. The molecule has 0 aliphatic carbocycles. The van der Waals surface area contributed by atoms with Crippen molar-refractivity contribution in [1.29, 1.82) is 0 Å². The minimum atomic E-state index is -0.264. The van der Waals surface area contributed by atoms with Gasteiger partial charge in [0.25, 0.3) is 0 Å². The number of hydrogen-bond acceptors (Lipinski definition) is 5. The minimum absolute atomic E-state index is 0.264. The molecule has 3 aromatic heterocycles. The van der Waals surface area contributed by atoms with Gasteiger partial charge in [0.1, 0.15) is 12.1 Å². The first-order valence-corrected chi connectivity index (χ1v) is 10.1. The Morgan fingerprint density at radius 3 is 2.48 bits per heavy atom. The number of halogens is 1. The summed E-state index contributed by atoms with van der Waals surface area (Å²) >= 11 is 0. The van der Waals surface area contributed by atoms with E-state index in [2.05, 4.69) is 22.0 Å². The van der Waals surface area contributed by atoms with Gasteiger partial charge in [0.15, 0.2) is 12.1 Å². The Morgan fingerprint density at radius 1 is 1.10 bits per heavy atom. The first-order valence-electron chi connectivity index (χ1n) is 10.1. The van der Waals surface area contributed by atoms with Crippen LogP contribution in [-0.4, -0.2) is 35.8 Å². The molecule has 3 heterocycles. The Kier molecular flexibility index (Phi) is 5.46. The lowest BCUT2D eigenvalue weighted by Crippen LogP contribution is -2.05. The quantitative estimate of drug-likeness (QED) is 0.445. The molecular weight excluding hydrogens is 395 g/mol. The Bertz CT molecular complexity index is 1260. The van der Waals surface area contributed by atoms with E-state index in [9.17, 15) is 9.18 Å². The molecule has 0 fully saturated rings. The third-order valence-electron chi connectivity index (χ3n) is 5.44. The van der Waals surface area contributed by atoms with Crippen molar-refractivity contribution in [1.82, 2.24) is 29.5 Å². The van der Waals surface area contributed by atoms with Crippen LogP contribution in [0.25, 0.3) is 17.1 Å². The Labute approximate surface area is 179 Å². The molecule has 0 unspecified atom stereocenters. The molecule has 31 heavy (non-hydrogen) atoms. The van der Waals surface area contributed by atoms with Gasteiger partial charge in [0.2, 0.25) is 0 Å². The topological polar surface area (TPSA) is 78.5 Å². The molecule has 158 valence electrons. The van der Waals surface area contributed by atoms with Gasteiger partial charge in [-0.05, 0) is 44.5 Å². The van der Waals surface area contributed by atoms with Gasteiger partial charge in [-0.25, -0.2) is 19.0 Å². The molecule has 1 aromatic carbocycles. The van der Waals surface area contributed by atoms with E-state index in [0.29, 0.717) is 23.5 Å². The van der Waals surface area contributed by atoms with Crippen molar-refractivity contribution in [2.45, 2.75) is 33.6 Å². The lowest BCUT2D eigenvalue weighted by Gasteiger charge is -2.07. The molecule has 0 spiro atoms. The summed E-state index contributed by atoms with van der Waals surface area (Å²) in [6.45, 7) is 5.72. The van der Waals surface area contributed by atoms with E-state index >= 15 is 0 Å². The maximum atomic E-state index is 13.4. The lowest BCUT2D eigenvalue weighted by molar-refractivity contribution is 0.112. The van der Waals surface area contributed by atoms with Crippen LogP contribution in [0, 0.1) is 19.7 Å². The molecule has 0 saturated carbocycles. The van der Waals surface area contributed by atoms with Crippen LogP contribution in [0.15, 0.2) is 36.7 Å². The highest BCUT2D eigenvalue weighted by Crippen LogP contribution is 2.28. The molecule has 0 saturated heterocycles. The van der Waals surface area contributed by atoms with E-state index in [-0.39, 0.29) is 5.82 Å². The predicted molar refractivity (Wildman–Crippen MR) is 115 cm³/mol. The molecule has 0 bridgehead atoms. The SMILES string of the molecule is CCc1c(Cc2cc(-n3nc(C)c(C=O)c3C)ncn2)nn(C)c1-c1ccc(F)cc1. The standard InChI is InChI=1S/C23H23FN6O/c1-5-19-21(28-29(4)23(19)16-6-8-17(24)9-7-16)10-18-11-22(26-13-25-18)30-15(3)20(12-31)14(2)27-30/h6-9,11-13H,5,10H2,1-4H3. The van der Waals surface area contributed by atoms with Crippen molar-refractivity contribution in [3.8, 4) is 17.1 Å². The third kappa shape index (κ3) is 3.76. The number of hydrogen-bond donors (Lipinski definition) is 0. The van der Waals surface area contributed by atoms with Gasteiger partial charge >= 0.3 is 0 Å². The first kappa shape index (κ1) is 20.6. The van der Waals surface area contributed by atoms with Gasteiger partial charge in [-0.1, -0.05) is 6.92 Å². The normalized spacial score (nSPS) is 11.1. The molecule has 0 atom stereocenters. The maximum Gasteiger partial charge on any atom is 0.157 e. The number of carbonyl (C=O) groups is 1. The summed E-state index contributed by atoms with van der Waals surface area (Å²) in [6.07, 6.45) is 3.62. The molecule has 4 aromatic rings. The van der Waals surface area contributed by atoms with Gasteiger partial charge in [-0.3, -0.25) is 9.48 Å². The summed E-state index contributed by atoms with van der Waals surface area (Å²) in [7, 11) is 1.89. The van der Waals surface area contributed by atoms with E-state index in [1.165, 1.54) is 18.5 Å². The summed E-state index contributed by atoms with van der Waals surface area (Å²) in [5, 5.41) is 9.16. The summed E-state index contributed by atoms with van der Waals surface area (Å²) in [5.74, 6) is 0.339. The fourth-order valence-electron chi connectivity index (χ4n) is 3.92. The summed E-state index contributed by atoms with van der Waals surface area (Å²) in [4.78, 5) is 20.1. The number of aryl methyl sites for hydroxylation is 2. The van der Waals surface area contributed by atoms with Crippen LogP contribution in [0.4, 0.5) is 4.39 Å². The fraction of sp³-hybridized carbons (Fsp3) is 0.261. The van der Waals surface area contributed by atoms with E-state index in [4.69, 9.17) is 5.10 Å². The van der Waals surface area contributed by atoms with E-state index in [0.717, 1.165) is 46.6 Å². The average molecular weight is 418 g/mol. The highest BCUT2D eigenvalue weighted by atomic mass is 19.1. The Balaban J connectivity index is 1.71. The molecule has 0 amide bonds. The first-order chi connectivity index (χ1) is 14.9. The van der Waals surface area contributed by atoms with Crippen molar-refractivity contribution in [2.24, 2.45) is 7.05 Å². The van der Waals surface area contributed by atoms with E-state index in [1.54, 1.807) is 23.7 Å². The molecular formula is C23H23FN6O. The molecule has 7 nitrogen and oxygen atoms in total. The second-order valence-electron chi connectivity index (χ2n) is 7.42.